The van der Waals surface area contributed by atoms with Crippen molar-refractivity contribution in [1.82, 2.24) is 10.3 Å². The Labute approximate surface area is 119 Å². The molecule has 1 amide bonds. The minimum atomic E-state index is -0.899. The zero-order valence-electron chi connectivity index (χ0n) is 9.64. The first-order valence-corrected chi connectivity index (χ1v) is 6.26. The molecule has 0 fully saturated rings. The number of carbonyl (C=O) groups excluding carboxylic acids is 1. The number of aliphatic carboxylic acids is 1. The number of carboxylic acids is 1. The Bertz CT molecular complexity index is 560. The average Bonchev–Trinajstić information content (AvgIpc) is 2.81. The summed E-state index contributed by atoms with van der Waals surface area (Å²) in [6, 6.07) is 1.11. The van der Waals surface area contributed by atoms with Gasteiger partial charge in [0.2, 0.25) is 0 Å². The van der Waals surface area contributed by atoms with E-state index in [2.05, 4.69) is 10.3 Å². The van der Waals surface area contributed by atoms with Crippen LogP contribution >= 0.6 is 23.2 Å². The molecule has 0 aliphatic heterocycles. The Balaban J connectivity index is 2.00. The molecule has 0 aromatic carbocycles. The van der Waals surface area contributed by atoms with Crippen molar-refractivity contribution in [2.45, 2.75) is 12.5 Å². The van der Waals surface area contributed by atoms with E-state index in [1.54, 1.807) is 12.2 Å². The average molecular weight is 301 g/mol. The molecule has 2 N–H and O–H groups in total. The fourth-order valence-electron chi connectivity index (χ4n) is 1.79. The Morgan fingerprint density at radius 1 is 1.37 bits per heavy atom. The van der Waals surface area contributed by atoms with Gasteiger partial charge in [-0.2, -0.15) is 0 Å². The number of nitrogens with zero attached hydrogens (tertiary/aromatic N) is 1. The molecule has 1 aliphatic rings. The van der Waals surface area contributed by atoms with E-state index in [1.807, 2.05) is 0 Å². The molecule has 5 nitrogen and oxygen atoms in total. The molecule has 1 heterocycles. The number of amides is 1. The van der Waals surface area contributed by atoms with Gasteiger partial charge in [0.05, 0.1) is 16.5 Å². The molecular weight excluding hydrogens is 291 g/mol. The Morgan fingerprint density at radius 3 is 2.68 bits per heavy atom. The van der Waals surface area contributed by atoms with Crippen LogP contribution in [0.25, 0.3) is 0 Å². The van der Waals surface area contributed by atoms with Gasteiger partial charge in [-0.05, 0) is 12.5 Å². The van der Waals surface area contributed by atoms with Crippen molar-refractivity contribution < 1.29 is 14.7 Å². The van der Waals surface area contributed by atoms with E-state index < -0.39 is 11.9 Å². The van der Waals surface area contributed by atoms with E-state index in [-0.39, 0.29) is 27.7 Å². The number of nitrogens with one attached hydrogen (secondary N) is 1. The fraction of sp³-hybridized carbons (Fsp3) is 0.250. The van der Waals surface area contributed by atoms with Gasteiger partial charge in [0.15, 0.2) is 0 Å². The van der Waals surface area contributed by atoms with E-state index in [4.69, 9.17) is 28.3 Å². The van der Waals surface area contributed by atoms with E-state index >= 15 is 0 Å². The normalized spacial score (nSPS) is 21.4. The van der Waals surface area contributed by atoms with Crippen LogP contribution in [0.5, 0.6) is 0 Å². The third kappa shape index (κ3) is 3.24. The second kappa shape index (κ2) is 5.59. The van der Waals surface area contributed by atoms with Crippen LogP contribution in [-0.4, -0.2) is 28.0 Å². The van der Waals surface area contributed by atoms with Gasteiger partial charge >= 0.3 is 5.97 Å². The third-order valence-corrected chi connectivity index (χ3v) is 3.46. The summed E-state index contributed by atoms with van der Waals surface area (Å²) in [6.07, 6.45) is 4.90. The second-order valence-corrected chi connectivity index (χ2v) is 4.91. The fourth-order valence-corrected chi connectivity index (χ4v) is 2.06. The lowest BCUT2D eigenvalue weighted by Gasteiger charge is -2.12. The molecule has 2 atom stereocenters. The lowest BCUT2D eigenvalue weighted by atomic mass is 10.1. The molecule has 19 heavy (non-hydrogen) atoms. The summed E-state index contributed by atoms with van der Waals surface area (Å²) >= 11 is 11.4. The van der Waals surface area contributed by atoms with Gasteiger partial charge in [0.25, 0.3) is 5.91 Å². The van der Waals surface area contributed by atoms with Gasteiger partial charge in [-0.1, -0.05) is 35.4 Å². The molecule has 1 aliphatic carbocycles. The van der Waals surface area contributed by atoms with Crippen molar-refractivity contribution in [3.05, 3.63) is 40.2 Å². The molecule has 2 rings (SSSR count). The first-order chi connectivity index (χ1) is 8.97. The molecule has 100 valence electrons. The first kappa shape index (κ1) is 13.8. The van der Waals surface area contributed by atoms with Gasteiger partial charge in [-0.15, -0.1) is 0 Å². The number of hydrogen-bond acceptors (Lipinski definition) is 3. The van der Waals surface area contributed by atoms with E-state index in [1.165, 1.54) is 12.3 Å². The second-order valence-electron chi connectivity index (χ2n) is 4.14. The lowest BCUT2D eigenvalue weighted by Crippen LogP contribution is -2.33. The zero-order valence-corrected chi connectivity index (χ0v) is 11.1. The third-order valence-electron chi connectivity index (χ3n) is 2.78. The van der Waals surface area contributed by atoms with Crippen LogP contribution in [0.15, 0.2) is 24.4 Å². The van der Waals surface area contributed by atoms with Gasteiger partial charge in [0, 0.05) is 12.2 Å². The summed E-state index contributed by atoms with van der Waals surface area (Å²) in [5.41, 5.74) is 0.279. The summed E-state index contributed by atoms with van der Waals surface area (Å²) in [6.45, 7) is 0. The molecule has 7 heteroatoms. The van der Waals surface area contributed by atoms with Crippen LogP contribution in [-0.2, 0) is 4.79 Å². The molecule has 1 aromatic heterocycles. The van der Waals surface area contributed by atoms with Crippen molar-refractivity contribution in [3.63, 3.8) is 0 Å². The predicted octanol–water partition coefficient (Wildman–Crippen LogP) is 2.15. The van der Waals surface area contributed by atoms with Gasteiger partial charge in [-0.3, -0.25) is 9.59 Å². The topological polar surface area (TPSA) is 79.3 Å². The van der Waals surface area contributed by atoms with Gasteiger partial charge < -0.3 is 10.4 Å². The van der Waals surface area contributed by atoms with Crippen LogP contribution in [0.4, 0.5) is 0 Å². The molecule has 1 aromatic rings. The number of hydrogen-bond donors (Lipinski definition) is 2. The number of carbonyl (C=O) groups is 2. The smallest absolute Gasteiger partial charge is 0.310 e. The van der Waals surface area contributed by atoms with Crippen molar-refractivity contribution in [2.24, 2.45) is 5.92 Å². The maximum absolute atomic E-state index is 11.9. The van der Waals surface area contributed by atoms with Crippen LogP contribution in [0.2, 0.25) is 10.2 Å². The number of pyridine rings is 1. The van der Waals surface area contributed by atoms with Crippen LogP contribution < -0.4 is 5.32 Å². The summed E-state index contributed by atoms with van der Waals surface area (Å²) < 4.78 is 0. The highest BCUT2D eigenvalue weighted by Crippen LogP contribution is 2.21. The molecular formula is C12H10Cl2N2O3. The summed E-state index contributed by atoms with van der Waals surface area (Å²) in [5.74, 6) is -1.83. The number of aromatic nitrogens is 1. The zero-order chi connectivity index (χ0) is 14.0. The minimum Gasteiger partial charge on any atom is -0.481 e. The van der Waals surface area contributed by atoms with E-state index in [0.29, 0.717) is 6.42 Å². The van der Waals surface area contributed by atoms with Gasteiger partial charge in [-0.25, -0.2) is 4.98 Å². The minimum absolute atomic E-state index is 0.130. The quantitative estimate of drug-likeness (QED) is 0.662. The van der Waals surface area contributed by atoms with E-state index in [0.717, 1.165) is 0 Å². The Hall–Kier alpha value is -1.59. The largest absolute Gasteiger partial charge is 0.481 e. The standard InChI is InChI=1S/C12H10Cl2N2O3/c13-9-4-7(5-15-10(9)14)11(17)16-8-2-1-6(3-8)12(18)19/h1-2,4-6,8H,3H2,(H,16,17)(H,18,19). The number of carboxylic acid groups (broad SMARTS) is 1. The Kier molecular flexibility index (Phi) is 4.07. The van der Waals surface area contributed by atoms with Crippen molar-refractivity contribution in [2.75, 3.05) is 0 Å². The van der Waals surface area contributed by atoms with E-state index in [9.17, 15) is 9.59 Å². The van der Waals surface area contributed by atoms with Crippen molar-refractivity contribution in [1.29, 1.82) is 0 Å². The monoisotopic (exact) mass is 300 g/mol. The first-order valence-electron chi connectivity index (χ1n) is 5.50. The lowest BCUT2D eigenvalue weighted by molar-refractivity contribution is -0.140. The SMILES string of the molecule is O=C(NC1C=CC(C(=O)O)C1)c1cnc(Cl)c(Cl)c1. The van der Waals surface area contributed by atoms with Crippen molar-refractivity contribution >= 4 is 35.1 Å². The van der Waals surface area contributed by atoms with Crippen LogP contribution in [0.3, 0.4) is 0 Å². The Morgan fingerprint density at radius 2 is 2.11 bits per heavy atom. The highest BCUT2D eigenvalue weighted by molar-refractivity contribution is 6.41. The maximum Gasteiger partial charge on any atom is 0.310 e. The predicted molar refractivity (Wildman–Crippen MR) is 70.4 cm³/mol. The van der Waals surface area contributed by atoms with Gasteiger partial charge in [0.1, 0.15) is 5.15 Å². The molecule has 0 saturated heterocycles. The molecule has 0 bridgehead atoms. The molecule has 0 saturated carbocycles. The number of halogens is 2. The number of rotatable bonds is 3. The summed E-state index contributed by atoms with van der Waals surface area (Å²) in [7, 11) is 0. The van der Waals surface area contributed by atoms with Crippen LogP contribution in [0, 0.1) is 5.92 Å². The maximum atomic E-state index is 11.9. The molecule has 0 radical (unpaired) electrons. The highest BCUT2D eigenvalue weighted by Gasteiger charge is 2.25. The highest BCUT2D eigenvalue weighted by atomic mass is 35.5. The summed E-state index contributed by atoms with van der Waals surface area (Å²) in [4.78, 5) is 26.5. The van der Waals surface area contributed by atoms with Crippen LogP contribution in [0.1, 0.15) is 16.8 Å². The van der Waals surface area contributed by atoms with Crippen molar-refractivity contribution in [3.8, 4) is 0 Å². The molecule has 2 unspecified atom stereocenters. The molecule has 0 spiro atoms. The summed E-state index contributed by atoms with van der Waals surface area (Å²) in [5, 5.41) is 11.9.